The summed E-state index contributed by atoms with van der Waals surface area (Å²) in [5.41, 5.74) is 1.62. The molecule has 0 atom stereocenters. The average Bonchev–Trinajstić information content (AvgIpc) is 3.06. The summed E-state index contributed by atoms with van der Waals surface area (Å²) in [7, 11) is 1.53. The molecule has 0 radical (unpaired) electrons. The number of pyridine rings is 1. The molecule has 1 aromatic carbocycles. The zero-order valence-corrected chi connectivity index (χ0v) is 11.8. The van der Waals surface area contributed by atoms with Crippen LogP contribution in [0.4, 0.5) is 5.69 Å². The van der Waals surface area contributed by atoms with Crippen molar-refractivity contribution >= 4 is 11.6 Å². The molecule has 2 aromatic heterocycles. The van der Waals surface area contributed by atoms with Gasteiger partial charge in [-0.05, 0) is 6.07 Å². The topological polar surface area (TPSA) is 77.2 Å². The Morgan fingerprint density at radius 2 is 2.00 bits per heavy atom. The minimum absolute atomic E-state index is 0.203. The van der Waals surface area contributed by atoms with Crippen LogP contribution in [-0.2, 0) is 0 Å². The molecule has 1 amide bonds. The highest BCUT2D eigenvalue weighted by Crippen LogP contribution is 2.20. The second-order valence-electron chi connectivity index (χ2n) is 4.49. The third-order valence-electron chi connectivity index (χ3n) is 3.00. The molecule has 6 nitrogen and oxygen atoms in total. The highest BCUT2D eigenvalue weighted by atomic mass is 16.5. The number of hydrogen-bond acceptors (Lipinski definition) is 5. The third-order valence-corrected chi connectivity index (χ3v) is 3.00. The fourth-order valence-corrected chi connectivity index (χ4v) is 1.89. The second kappa shape index (κ2) is 6.09. The predicted octanol–water partition coefficient (Wildman–Crippen LogP) is 3.00. The van der Waals surface area contributed by atoms with Crippen molar-refractivity contribution in [3.63, 3.8) is 0 Å². The van der Waals surface area contributed by atoms with Crippen LogP contribution in [0.2, 0.25) is 0 Å². The Hall–Kier alpha value is -3.15. The zero-order valence-electron chi connectivity index (χ0n) is 11.8. The quantitative estimate of drug-likeness (QED) is 0.800. The Morgan fingerprint density at radius 1 is 1.18 bits per heavy atom. The number of methoxy groups -OCH3 is 1. The summed E-state index contributed by atoms with van der Waals surface area (Å²) >= 11 is 0. The first-order valence-corrected chi connectivity index (χ1v) is 6.60. The average molecular weight is 295 g/mol. The van der Waals surface area contributed by atoms with Gasteiger partial charge in [0.05, 0.1) is 19.0 Å². The van der Waals surface area contributed by atoms with E-state index >= 15 is 0 Å². The number of carbonyl (C=O) groups excluding carboxylic acids is 1. The van der Waals surface area contributed by atoms with Crippen molar-refractivity contribution in [2.45, 2.75) is 0 Å². The van der Waals surface area contributed by atoms with Crippen LogP contribution in [0.1, 0.15) is 10.5 Å². The number of anilines is 1. The molecule has 0 unspecified atom stereocenters. The molecular weight excluding hydrogens is 282 g/mol. The lowest BCUT2D eigenvalue weighted by molar-refractivity contribution is 0.101. The van der Waals surface area contributed by atoms with Crippen LogP contribution in [0.3, 0.4) is 0 Å². The predicted molar refractivity (Wildman–Crippen MR) is 80.7 cm³/mol. The number of benzene rings is 1. The van der Waals surface area contributed by atoms with Crippen molar-refractivity contribution in [2.75, 3.05) is 12.4 Å². The maximum Gasteiger partial charge on any atom is 0.277 e. The van der Waals surface area contributed by atoms with Gasteiger partial charge in [-0.15, -0.1) is 0 Å². The number of nitrogens with one attached hydrogen (secondary N) is 1. The molecule has 0 aliphatic carbocycles. The van der Waals surface area contributed by atoms with Gasteiger partial charge < -0.3 is 14.6 Å². The van der Waals surface area contributed by atoms with Crippen molar-refractivity contribution in [1.82, 2.24) is 10.1 Å². The summed E-state index contributed by atoms with van der Waals surface area (Å²) in [5.74, 6) is 0.655. The van der Waals surface area contributed by atoms with Crippen LogP contribution in [0, 0.1) is 0 Å². The first-order valence-electron chi connectivity index (χ1n) is 6.60. The monoisotopic (exact) mass is 295 g/mol. The number of aromatic nitrogens is 2. The van der Waals surface area contributed by atoms with E-state index < -0.39 is 0 Å². The van der Waals surface area contributed by atoms with E-state index in [1.807, 2.05) is 30.3 Å². The minimum atomic E-state index is -0.363. The van der Waals surface area contributed by atoms with Crippen LogP contribution in [0.15, 0.2) is 59.3 Å². The standard InChI is InChI=1S/C16H13N3O3/c1-21-15-8-7-12(10-17-15)18-16(20)13-9-14(22-19-13)11-5-3-2-4-6-11/h2-10H,1H3,(H,18,20). The third kappa shape index (κ3) is 2.95. The second-order valence-corrected chi connectivity index (χ2v) is 4.49. The Balaban J connectivity index is 1.74. The van der Waals surface area contributed by atoms with E-state index in [0.717, 1.165) is 5.56 Å². The Kier molecular flexibility index (Phi) is 3.82. The first-order chi connectivity index (χ1) is 10.8. The van der Waals surface area contributed by atoms with Crippen LogP contribution in [0.25, 0.3) is 11.3 Å². The fourth-order valence-electron chi connectivity index (χ4n) is 1.89. The number of nitrogens with zero attached hydrogens (tertiary/aromatic N) is 2. The lowest BCUT2D eigenvalue weighted by Crippen LogP contribution is -2.12. The van der Waals surface area contributed by atoms with E-state index in [9.17, 15) is 4.79 Å². The summed E-state index contributed by atoms with van der Waals surface area (Å²) in [6, 6.07) is 14.4. The lowest BCUT2D eigenvalue weighted by Gasteiger charge is -2.03. The lowest BCUT2D eigenvalue weighted by atomic mass is 10.1. The molecule has 0 aliphatic heterocycles. The van der Waals surface area contributed by atoms with E-state index in [0.29, 0.717) is 17.3 Å². The van der Waals surface area contributed by atoms with Gasteiger partial charge in [0.1, 0.15) is 0 Å². The smallest absolute Gasteiger partial charge is 0.277 e. The van der Waals surface area contributed by atoms with Crippen molar-refractivity contribution in [3.05, 3.63) is 60.4 Å². The Morgan fingerprint density at radius 3 is 2.68 bits per heavy atom. The van der Waals surface area contributed by atoms with Gasteiger partial charge in [0.2, 0.25) is 5.88 Å². The van der Waals surface area contributed by atoms with Gasteiger partial charge in [0.15, 0.2) is 11.5 Å². The van der Waals surface area contributed by atoms with E-state index in [1.54, 1.807) is 18.2 Å². The molecular formula is C16H13N3O3. The molecule has 3 aromatic rings. The number of ether oxygens (including phenoxy) is 1. The summed E-state index contributed by atoms with van der Waals surface area (Å²) in [6.45, 7) is 0. The molecule has 0 bridgehead atoms. The zero-order chi connectivity index (χ0) is 15.4. The van der Waals surface area contributed by atoms with E-state index in [2.05, 4.69) is 15.5 Å². The largest absolute Gasteiger partial charge is 0.481 e. The number of rotatable bonds is 4. The molecule has 1 N–H and O–H groups in total. The van der Waals surface area contributed by atoms with Gasteiger partial charge in [-0.3, -0.25) is 4.79 Å². The van der Waals surface area contributed by atoms with Crippen LogP contribution < -0.4 is 10.1 Å². The Bertz CT molecular complexity index is 767. The van der Waals surface area contributed by atoms with Crippen molar-refractivity contribution in [1.29, 1.82) is 0 Å². The molecule has 0 spiro atoms. The van der Waals surface area contributed by atoms with Crippen LogP contribution >= 0.6 is 0 Å². The molecule has 6 heteroatoms. The van der Waals surface area contributed by atoms with Crippen molar-refractivity contribution in [2.24, 2.45) is 0 Å². The fraction of sp³-hybridized carbons (Fsp3) is 0.0625. The maximum absolute atomic E-state index is 12.1. The highest BCUT2D eigenvalue weighted by Gasteiger charge is 2.14. The minimum Gasteiger partial charge on any atom is -0.481 e. The normalized spacial score (nSPS) is 10.2. The molecule has 22 heavy (non-hydrogen) atoms. The number of amides is 1. The first kappa shape index (κ1) is 13.8. The van der Waals surface area contributed by atoms with Crippen LogP contribution in [0.5, 0.6) is 5.88 Å². The summed E-state index contributed by atoms with van der Waals surface area (Å²) in [5, 5.41) is 6.49. The molecule has 0 aliphatic rings. The molecule has 0 saturated carbocycles. The molecule has 2 heterocycles. The van der Waals surface area contributed by atoms with Crippen molar-refractivity contribution < 1.29 is 14.1 Å². The van der Waals surface area contributed by atoms with Crippen molar-refractivity contribution in [3.8, 4) is 17.2 Å². The maximum atomic E-state index is 12.1. The molecule has 110 valence electrons. The van der Waals surface area contributed by atoms with E-state index in [-0.39, 0.29) is 11.6 Å². The van der Waals surface area contributed by atoms with Gasteiger partial charge in [-0.2, -0.15) is 0 Å². The van der Waals surface area contributed by atoms with Gasteiger partial charge in [-0.25, -0.2) is 4.98 Å². The summed E-state index contributed by atoms with van der Waals surface area (Å²) in [6.07, 6.45) is 1.51. The molecule has 0 fully saturated rings. The van der Waals surface area contributed by atoms with Gasteiger partial charge in [-0.1, -0.05) is 35.5 Å². The number of carbonyl (C=O) groups is 1. The van der Waals surface area contributed by atoms with E-state index in [1.165, 1.54) is 13.3 Å². The highest BCUT2D eigenvalue weighted by molar-refractivity contribution is 6.03. The van der Waals surface area contributed by atoms with Crippen LogP contribution in [-0.4, -0.2) is 23.2 Å². The van der Waals surface area contributed by atoms with E-state index in [4.69, 9.17) is 9.26 Å². The number of hydrogen-bond donors (Lipinski definition) is 1. The van der Waals surface area contributed by atoms with Gasteiger partial charge >= 0.3 is 0 Å². The SMILES string of the molecule is COc1ccc(NC(=O)c2cc(-c3ccccc3)on2)cn1. The van der Waals surface area contributed by atoms with Gasteiger partial charge in [0, 0.05) is 17.7 Å². The molecule has 0 saturated heterocycles. The summed E-state index contributed by atoms with van der Waals surface area (Å²) in [4.78, 5) is 16.1. The van der Waals surface area contributed by atoms with Gasteiger partial charge in [0.25, 0.3) is 5.91 Å². The summed E-state index contributed by atoms with van der Waals surface area (Å²) < 4.78 is 10.2. The Labute approximate surface area is 126 Å². The molecule has 3 rings (SSSR count).